The molecule has 0 aliphatic heterocycles. The molecule has 0 bridgehead atoms. The summed E-state index contributed by atoms with van der Waals surface area (Å²) in [7, 11) is 1.44. The monoisotopic (exact) mass is 292 g/mol. The lowest BCUT2D eigenvalue weighted by Gasteiger charge is -2.08. The molecule has 0 fully saturated rings. The van der Waals surface area contributed by atoms with Gasteiger partial charge in [-0.1, -0.05) is 12.1 Å². The van der Waals surface area contributed by atoms with Crippen LogP contribution in [0.4, 0.5) is 4.39 Å². The zero-order valence-electron chi connectivity index (χ0n) is 10.8. The van der Waals surface area contributed by atoms with Gasteiger partial charge >= 0.3 is 5.97 Å². The first kappa shape index (κ1) is 14.4. The molecule has 0 amide bonds. The molecule has 0 spiro atoms. The Morgan fingerprint density at radius 3 is 2.75 bits per heavy atom. The zero-order valence-corrected chi connectivity index (χ0v) is 11.6. The summed E-state index contributed by atoms with van der Waals surface area (Å²) in [6.45, 7) is 0. The number of aromatic carboxylic acids is 1. The van der Waals surface area contributed by atoms with E-state index >= 15 is 0 Å². The lowest BCUT2D eigenvalue weighted by molar-refractivity contribution is 0.0693. The number of hydrogen-bond donors (Lipinski definition) is 1. The second-order valence-electron chi connectivity index (χ2n) is 4.09. The van der Waals surface area contributed by atoms with Crippen LogP contribution in [0.5, 0.6) is 5.75 Å². The highest BCUT2D eigenvalue weighted by molar-refractivity contribution is 7.98. The Morgan fingerprint density at radius 1 is 1.30 bits per heavy atom. The van der Waals surface area contributed by atoms with Crippen LogP contribution in [0.25, 0.3) is 0 Å². The zero-order chi connectivity index (χ0) is 14.5. The van der Waals surface area contributed by atoms with Gasteiger partial charge in [0.15, 0.2) is 0 Å². The second-order valence-corrected chi connectivity index (χ2v) is 5.13. The predicted molar refractivity (Wildman–Crippen MR) is 75.9 cm³/mol. The van der Waals surface area contributed by atoms with Crippen molar-refractivity contribution in [3.8, 4) is 5.75 Å². The first-order valence-corrected chi connectivity index (χ1v) is 6.87. The third-order valence-corrected chi connectivity index (χ3v) is 3.76. The van der Waals surface area contributed by atoms with Crippen LogP contribution in [0.2, 0.25) is 0 Å². The number of rotatable bonds is 5. The molecule has 2 aromatic rings. The van der Waals surface area contributed by atoms with Crippen molar-refractivity contribution in [1.82, 2.24) is 0 Å². The molecule has 20 heavy (non-hydrogen) atoms. The summed E-state index contributed by atoms with van der Waals surface area (Å²) < 4.78 is 18.1. The quantitative estimate of drug-likeness (QED) is 0.851. The van der Waals surface area contributed by atoms with Gasteiger partial charge in [0.25, 0.3) is 0 Å². The maximum atomic E-state index is 13.1. The molecule has 0 saturated carbocycles. The summed E-state index contributed by atoms with van der Waals surface area (Å²) in [5.41, 5.74) is 1.05. The summed E-state index contributed by atoms with van der Waals surface area (Å²) in [5, 5.41) is 9.00. The molecule has 2 rings (SSSR count). The third-order valence-electron chi connectivity index (χ3n) is 2.70. The maximum Gasteiger partial charge on any atom is 0.339 e. The van der Waals surface area contributed by atoms with E-state index in [1.165, 1.54) is 37.1 Å². The van der Waals surface area contributed by atoms with Crippen LogP contribution >= 0.6 is 11.8 Å². The second kappa shape index (κ2) is 6.43. The Labute approximate surface area is 120 Å². The summed E-state index contributed by atoms with van der Waals surface area (Å²) in [5.74, 6) is -0.352. The Kier molecular flexibility index (Phi) is 4.63. The van der Waals surface area contributed by atoms with E-state index in [4.69, 9.17) is 9.84 Å². The Balaban J connectivity index is 2.12. The van der Waals surface area contributed by atoms with E-state index < -0.39 is 5.97 Å². The molecule has 0 saturated heterocycles. The summed E-state index contributed by atoms with van der Waals surface area (Å²) >= 11 is 1.48. The molecule has 0 radical (unpaired) electrons. The molecule has 0 heterocycles. The number of carboxylic acid groups (broad SMARTS) is 1. The first-order chi connectivity index (χ1) is 9.60. The standard InChI is InChI=1S/C15H13FO3S/c1-19-14-7-10(5-6-13(14)15(17)18)9-20-12-4-2-3-11(16)8-12/h2-8H,9H2,1H3,(H,17,18). The van der Waals surface area contributed by atoms with E-state index in [1.807, 2.05) is 6.07 Å². The number of thioether (sulfide) groups is 1. The number of methoxy groups -OCH3 is 1. The van der Waals surface area contributed by atoms with Crippen molar-refractivity contribution in [3.63, 3.8) is 0 Å². The van der Waals surface area contributed by atoms with Gasteiger partial charge in [-0.3, -0.25) is 0 Å². The molecule has 0 atom stereocenters. The summed E-state index contributed by atoms with van der Waals surface area (Å²) in [6, 6.07) is 11.3. The SMILES string of the molecule is COc1cc(CSc2cccc(F)c2)ccc1C(=O)O. The van der Waals surface area contributed by atoms with Crippen molar-refractivity contribution in [2.75, 3.05) is 7.11 Å². The number of hydrogen-bond acceptors (Lipinski definition) is 3. The van der Waals surface area contributed by atoms with Gasteiger partial charge < -0.3 is 9.84 Å². The van der Waals surface area contributed by atoms with E-state index in [0.29, 0.717) is 11.5 Å². The van der Waals surface area contributed by atoms with E-state index in [9.17, 15) is 9.18 Å². The third kappa shape index (κ3) is 3.51. The van der Waals surface area contributed by atoms with Crippen molar-refractivity contribution in [1.29, 1.82) is 0 Å². The highest BCUT2D eigenvalue weighted by Gasteiger charge is 2.11. The predicted octanol–water partition coefficient (Wildman–Crippen LogP) is 3.82. The molecule has 5 heteroatoms. The number of ether oxygens (including phenoxy) is 1. The number of carbonyl (C=O) groups is 1. The lowest BCUT2D eigenvalue weighted by atomic mass is 10.1. The molecule has 0 aliphatic carbocycles. The highest BCUT2D eigenvalue weighted by Crippen LogP contribution is 2.27. The maximum absolute atomic E-state index is 13.1. The molecule has 0 unspecified atom stereocenters. The fourth-order valence-electron chi connectivity index (χ4n) is 1.73. The van der Waals surface area contributed by atoms with E-state index in [2.05, 4.69) is 0 Å². The van der Waals surface area contributed by atoms with Crippen molar-refractivity contribution >= 4 is 17.7 Å². The van der Waals surface area contributed by atoms with Gasteiger partial charge in [0.05, 0.1) is 7.11 Å². The Bertz CT molecular complexity index is 628. The molecular weight excluding hydrogens is 279 g/mol. The smallest absolute Gasteiger partial charge is 0.339 e. The molecule has 0 aliphatic rings. The lowest BCUT2D eigenvalue weighted by Crippen LogP contribution is -2.00. The average molecular weight is 292 g/mol. The minimum absolute atomic E-state index is 0.131. The van der Waals surface area contributed by atoms with Crippen LogP contribution in [0.15, 0.2) is 47.4 Å². The van der Waals surface area contributed by atoms with E-state index in [-0.39, 0.29) is 11.4 Å². The van der Waals surface area contributed by atoms with Crippen LogP contribution in [0, 0.1) is 5.82 Å². The largest absolute Gasteiger partial charge is 0.496 e. The van der Waals surface area contributed by atoms with E-state index in [1.54, 1.807) is 18.2 Å². The Morgan fingerprint density at radius 2 is 2.10 bits per heavy atom. The summed E-state index contributed by atoms with van der Waals surface area (Å²) in [4.78, 5) is 11.8. The average Bonchev–Trinajstić information content (AvgIpc) is 2.44. The fraction of sp³-hybridized carbons (Fsp3) is 0.133. The van der Waals surface area contributed by atoms with Crippen LogP contribution < -0.4 is 4.74 Å². The van der Waals surface area contributed by atoms with Crippen molar-refractivity contribution in [3.05, 3.63) is 59.4 Å². The van der Waals surface area contributed by atoms with Gasteiger partial charge in [-0.2, -0.15) is 0 Å². The summed E-state index contributed by atoms with van der Waals surface area (Å²) in [6.07, 6.45) is 0. The van der Waals surface area contributed by atoms with Gasteiger partial charge in [-0.25, -0.2) is 9.18 Å². The fourth-order valence-corrected chi connectivity index (χ4v) is 2.61. The molecule has 0 aromatic heterocycles. The Hall–Kier alpha value is -2.01. The minimum Gasteiger partial charge on any atom is -0.496 e. The van der Waals surface area contributed by atoms with Crippen molar-refractivity contribution < 1.29 is 19.0 Å². The van der Waals surface area contributed by atoms with Crippen LogP contribution in [-0.4, -0.2) is 18.2 Å². The van der Waals surface area contributed by atoms with Crippen LogP contribution in [0.1, 0.15) is 15.9 Å². The molecule has 3 nitrogen and oxygen atoms in total. The molecule has 2 aromatic carbocycles. The van der Waals surface area contributed by atoms with Crippen LogP contribution in [0.3, 0.4) is 0 Å². The first-order valence-electron chi connectivity index (χ1n) is 5.88. The highest BCUT2D eigenvalue weighted by atomic mass is 32.2. The van der Waals surface area contributed by atoms with Crippen molar-refractivity contribution in [2.45, 2.75) is 10.6 Å². The number of halogens is 1. The molecular formula is C15H13FO3S. The van der Waals surface area contributed by atoms with Crippen LogP contribution in [-0.2, 0) is 5.75 Å². The van der Waals surface area contributed by atoms with Gasteiger partial charge in [0, 0.05) is 10.6 Å². The number of carboxylic acids is 1. The van der Waals surface area contributed by atoms with Crippen molar-refractivity contribution in [2.24, 2.45) is 0 Å². The molecule has 1 N–H and O–H groups in total. The van der Waals surface area contributed by atoms with E-state index in [0.717, 1.165) is 10.5 Å². The molecule has 104 valence electrons. The minimum atomic E-state index is -1.02. The number of benzene rings is 2. The van der Waals surface area contributed by atoms with Gasteiger partial charge in [-0.15, -0.1) is 11.8 Å². The van der Waals surface area contributed by atoms with Gasteiger partial charge in [0.2, 0.25) is 0 Å². The normalized spacial score (nSPS) is 10.3. The van der Waals surface area contributed by atoms with Gasteiger partial charge in [-0.05, 0) is 35.9 Å². The topological polar surface area (TPSA) is 46.5 Å². The van der Waals surface area contributed by atoms with Gasteiger partial charge in [0.1, 0.15) is 17.1 Å².